The SMILES string of the molecule is C[C@H]1CN(Cc2nccn2C)CCN1c1ccc2nncn2n1. The Morgan fingerprint density at radius 3 is 2.96 bits per heavy atom. The fourth-order valence-corrected chi connectivity index (χ4v) is 3.14. The molecule has 1 aliphatic rings. The number of fused-ring (bicyclic) bond motifs is 1. The Morgan fingerprint density at radius 1 is 1.26 bits per heavy atom. The second kappa shape index (κ2) is 5.62. The van der Waals surface area contributed by atoms with Crippen LogP contribution in [0.2, 0.25) is 0 Å². The average Bonchev–Trinajstić information content (AvgIpc) is 3.16. The monoisotopic (exact) mass is 312 g/mol. The fraction of sp³-hybridized carbons (Fsp3) is 0.467. The maximum Gasteiger partial charge on any atom is 0.177 e. The molecule has 8 nitrogen and oxygen atoms in total. The Morgan fingerprint density at radius 2 is 2.17 bits per heavy atom. The van der Waals surface area contributed by atoms with Crippen LogP contribution < -0.4 is 4.90 Å². The standard InChI is InChI=1S/C15H20N8/c1-12-9-21(10-15-16-5-6-20(15)2)7-8-22(12)14-4-3-13-18-17-11-23(13)19-14/h3-6,11-12H,7-10H2,1-2H3/t12-/m0/s1. The van der Waals surface area contributed by atoms with Gasteiger partial charge in [-0.2, -0.15) is 4.52 Å². The van der Waals surface area contributed by atoms with Gasteiger partial charge < -0.3 is 9.47 Å². The van der Waals surface area contributed by atoms with E-state index in [1.807, 2.05) is 31.6 Å². The smallest absolute Gasteiger partial charge is 0.177 e. The molecule has 0 N–H and O–H groups in total. The number of hydrogen-bond acceptors (Lipinski definition) is 6. The lowest BCUT2D eigenvalue weighted by Gasteiger charge is -2.40. The molecule has 0 radical (unpaired) electrons. The molecule has 4 heterocycles. The molecule has 0 spiro atoms. The van der Waals surface area contributed by atoms with E-state index in [1.54, 1.807) is 10.8 Å². The topological polar surface area (TPSA) is 67.4 Å². The van der Waals surface area contributed by atoms with Crippen molar-refractivity contribution < 1.29 is 0 Å². The van der Waals surface area contributed by atoms with E-state index in [0.29, 0.717) is 6.04 Å². The summed E-state index contributed by atoms with van der Waals surface area (Å²) in [6, 6.07) is 4.38. The number of aromatic nitrogens is 6. The van der Waals surface area contributed by atoms with Gasteiger partial charge in [0.1, 0.15) is 18.0 Å². The molecular weight excluding hydrogens is 292 g/mol. The van der Waals surface area contributed by atoms with Crippen molar-refractivity contribution in [3.63, 3.8) is 0 Å². The first-order valence-corrected chi connectivity index (χ1v) is 7.83. The van der Waals surface area contributed by atoms with Crippen molar-refractivity contribution in [3.8, 4) is 0 Å². The molecule has 1 fully saturated rings. The number of piperazine rings is 1. The van der Waals surface area contributed by atoms with Gasteiger partial charge in [-0.3, -0.25) is 4.90 Å². The summed E-state index contributed by atoms with van der Waals surface area (Å²) in [4.78, 5) is 9.21. The number of rotatable bonds is 3. The quantitative estimate of drug-likeness (QED) is 0.704. The van der Waals surface area contributed by atoms with Crippen molar-refractivity contribution in [2.45, 2.75) is 19.5 Å². The molecule has 1 aliphatic heterocycles. The van der Waals surface area contributed by atoms with E-state index in [9.17, 15) is 0 Å². The molecule has 8 heteroatoms. The molecule has 1 atom stereocenters. The van der Waals surface area contributed by atoms with Crippen LogP contribution >= 0.6 is 0 Å². The summed E-state index contributed by atoms with van der Waals surface area (Å²) >= 11 is 0. The van der Waals surface area contributed by atoms with Gasteiger partial charge in [0.15, 0.2) is 5.65 Å². The summed E-state index contributed by atoms with van der Waals surface area (Å²) in [5.74, 6) is 2.08. The molecule has 120 valence electrons. The van der Waals surface area contributed by atoms with Crippen LogP contribution in [-0.4, -0.2) is 59.9 Å². The molecule has 1 saturated heterocycles. The molecule has 0 amide bonds. The van der Waals surface area contributed by atoms with Crippen molar-refractivity contribution in [3.05, 3.63) is 36.7 Å². The molecule has 0 bridgehead atoms. The number of aryl methyl sites for hydroxylation is 1. The Bertz CT molecular complexity index is 807. The first-order valence-electron chi connectivity index (χ1n) is 7.83. The summed E-state index contributed by atoms with van der Waals surface area (Å²) < 4.78 is 3.81. The number of hydrogen-bond donors (Lipinski definition) is 0. The summed E-state index contributed by atoms with van der Waals surface area (Å²) in [6.45, 7) is 6.07. The summed E-state index contributed by atoms with van der Waals surface area (Å²) in [5, 5.41) is 12.5. The van der Waals surface area contributed by atoms with Gasteiger partial charge in [-0.25, -0.2) is 4.98 Å². The van der Waals surface area contributed by atoms with Crippen molar-refractivity contribution >= 4 is 11.5 Å². The fourth-order valence-electron chi connectivity index (χ4n) is 3.14. The third-order valence-corrected chi connectivity index (χ3v) is 4.44. The largest absolute Gasteiger partial charge is 0.350 e. The summed E-state index contributed by atoms with van der Waals surface area (Å²) in [7, 11) is 2.04. The van der Waals surface area contributed by atoms with Crippen molar-refractivity contribution in [1.82, 2.24) is 34.3 Å². The minimum Gasteiger partial charge on any atom is -0.350 e. The summed E-state index contributed by atoms with van der Waals surface area (Å²) in [6.07, 6.45) is 5.49. The Balaban J connectivity index is 1.47. The van der Waals surface area contributed by atoms with Crippen LogP contribution in [0.25, 0.3) is 5.65 Å². The maximum absolute atomic E-state index is 4.61. The van der Waals surface area contributed by atoms with Gasteiger partial charge in [-0.05, 0) is 19.1 Å². The lowest BCUT2D eigenvalue weighted by molar-refractivity contribution is 0.213. The molecule has 0 aliphatic carbocycles. The van der Waals surface area contributed by atoms with E-state index >= 15 is 0 Å². The van der Waals surface area contributed by atoms with Crippen LogP contribution in [0.4, 0.5) is 5.82 Å². The zero-order valence-electron chi connectivity index (χ0n) is 13.4. The molecule has 23 heavy (non-hydrogen) atoms. The number of nitrogens with zero attached hydrogens (tertiary/aromatic N) is 8. The third-order valence-electron chi connectivity index (χ3n) is 4.44. The van der Waals surface area contributed by atoms with Crippen LogP contribution in [0.15, 0.2) is 30.9 Å². The van der Waals surface area contributed by atoms with E-state index in [4.69, 9.17) is 0 Å². The highest BCUT2D eigenvalue weighted by Gasteiger charge is 2.25. The van der Waals surface area contributed by atoms with Gasteiger partial charge in [-0.1, -0.05) is 0 Å². The minimum atomic E-state index is 0.394. The van der Waals surface area contributed by atoms with E-state index < -0.39 is 0 Å². The van der Waals surface area contributed by atoms with Crippen LogP contribution in [0.5, 0.6) is 0 Å². The lowest BCUT2D eigenvalue weighted by atomic mass is 10.2. The van der Waals surface area contributed by atoms with E-state index in [-0.39, 0.29) is 0 Å². The van der Waals surface area contributed by atoms with E-state index in [0.717, 1.165) is 43.5 Å². The number of anilines is 1. The van der Waals surface area contributed by atoms with Crippen LogP contribution in [0.1, 0.15) is 12.7 Å². The summed E-state index contributed by atoms with van der Waals surface area (Å²) in [5.41, 5.74) is 0.773. The zero-order valence-corrected chi connectivity index (χ0v) is 13.4. The maximum atomic E-state index is 4.61. The molecule has 4 rings (SSSR count). The van der Waals surface area contributed by atoms with E-state index in [2.05, 4.69) is 41.6 Å². The van der Waals surface area contributed by atoms with Gasteiger partial charge in [0.05, 0.1) is 6.54 Å². The highest BCUT2D eigenvalue weighted by atomic mass is 15.4. The second-order valence-corrected chi connectivity index (χ2v) is 6.06. The lowest BCUT2D eigenvalue weighted by Crippen LogP contribution is -2.52. The first kappa shape index (κ1) is 14.1. The van der Waals surface area contributed by atoms with Gasteiger partial charge in [0.25, 0.3) is 0 Å². The van der Waals surface area contributed by atoms with Crippen molar-refractivity contribution in [2.24, 2.45) is 7.05 Å². The highest BCUT2D eigenvalue weighted by Crippen LogP contribution is 2.19. The van der Waals surface area contributed by atoms with Crippen LogP contribution in [0.3, 0.4) is 0 Å². The van der Waals surface area contributed by atoms with Gasteiger partial charge >= 0.3 is 0 Å². The highest BCUT2D eigenvalue weighted by molar-refractivity contribution is 5.46. The van der Waals surface area contributed by atoms with E-state index in [1.165, 1.54) is 0 Å². The number of imidazole rings is 1. The van der Waals surface area contributed by atoms with Gasteiger partial charge in [0.2, 0.25) is 0 Å². The first-order chi connectivity index (χ1) is 11.2. The Kier molecular flexibility index (Phi) is 3.45. The Labute approximate surface area is 134 Å². The van der Waals surface area contributed by atoms with Gasteiger partial charge in [0, 0.05) is 45.1 Å². The zero-order chi connectivity index (χ0) is 15.8. The molecule has 0 aromatic carbocycles. The molecule has 3 aromatic rings. The normalized spacial score (nSPS) is 19.6. The second-order valence-electron chi connectivity index (χ2n) is 6.06. The predicted octanol–water partition coefficient (Wildman–Crippen LogP) is 0.568. The van der Waals surface area contributed by atoms with Crippen molar-refractivity contribution in [1.29, 1.82) is 0 Å². The minimum absolute atomic E-state index is 0.394. The average molecular weight is 312 g/mol. The predicted molar refractivity (Wildman–Crippen MR) is 86.1 cm³/mol. The van der Waals surface area contributed by atoms with Crippen LogP contribution in [-0.2, 0) is 13.6 Å². The molecule has 3 aromatic heterocycles. The Hall–Kier alpha value is -2.48. The molecule has 0 unspecified atom stereocenters. The van der Waals surface area contributed by atoms with Gasteiger partial charge in [-0.15, -0.1) is 15.3 Å². The van der Waals surface area contributed by atoms with Crippen molar-refractivity contribution in [2.75, 3.05) is 24.5 Å². The molecule has 0 saturated carbocycles. The van der Waals surface area contributed by atoms with Crippen LogP contribution in [0, 0.1) is 0 Å². The third kappa shape index (κ3) is 2.65. The molecular formula is C15H20N8.